The van der Waals surface area contributed by atoms with Crippen LogP contribution in [0.25, 0.3) is 10.9 Å². The Hall–Kier alpha value is -1.08. The molecule has 0 unspecified atom stereocenters. The van der Waals surface area contributed by atoms with E-state index in [4.69, 9.17) is 0 Å². The molecule has 0 atom stereocenters. The number of fused-ring (bicyclic) bond motifs is 1. The van der Waals surface area contributed by atoms with Crippen LogP contribution in [0.4, 0.5) is 5.82 Å². The maximum atomic E-state index is 12.0. The Bertz CT molecular complexity index is 666. The molecule has 3 N–H and O–H groups in total. The van der Waals surface area contributed by atoms with Crippen molar-refractivity contribution in [2.45, 2.75) is 19.3 Å². The quantitative estimate of drug-likeness (QED) is 0.270. The summed E-state index contributed by atoms with van der Waals surface area (Å²) in [4.78, 5) is 15.3. The van der Waals surface area contributed by atoms with Gasteiger partial charge < -0.3 is 0 Å². The molecule has 0 bridgehead atoms. The number of para-hydroxylation sites is 1. The van der Waals surface area contributed by atoms with Gasteiger partial charge in [-0.15, -0.1) is 0 Å². The van der Waals surface area contributed by atoms with Crippen molar-refractivity contribution >= 4 is 36.5 Å². The molecule has 0 amide bonds. The minimum atomic E-state index is -0.463. The fraction of sp³-hybridized carbons (Fsp3) is 0.471. The number of unbranched alkanes of at least 4 members (excludes halogenated alkanes) is 1. The first-order chi connectivity index (χ1) is 10.8. The Morgan fingerprint density at radius 3 is 2.77 bits per heavy atom. The van der Waals surface area contributed by atoms with Crippen LogP contribution in [0.15, 0.2) is 35.1 Å². The fourth-order valence-electron chi connectivity index (χ4n) is 2.55. The molecule has 5 heteroatoms. The minimum absolute atomic E-state index is 0.0737. The molecule has 120 valence electrons. The van der Waals surface area contributed by atoms with Crippen LogP contribution in [0.5, 0.6) is 0 Å². The topological polar surface area (TPSA) is 56.9 Å². The Balaban J connectivity index is 1.39. The number of pyridine rings is 1. The van der Waals surface area contributed by atoms with Crippen molar-refractivity contribution in [3.63, 3.8) is 0 Å². The van der Waals surface area contributed by atoms with Crippen LogP contribution in [0.2, 0.25) is 0 Å². The zero-order valence-corrected chi connectivity index (χ0v) is 15.0. The third-order valence-corrected chi connectivity index (χ3v) is 10.1. The normalized spacial score (nSPS) is 15.7. The van der Waals surface area contributed by atoms with Gasteiger partial charge in [0.15, 0.2) is 0 Å². The van der Waals surface area contributed by atoms with E-state index in [1.54, 1.807) is 14.9 Å². The molecule has 1 aliphatic rings. The van der Waals surface area contributed by atoms with Crippen molar-refractivity contribution in [2.24, 2.45) is 0 Å². The molecule has 0 spiro atoms. The maximum absolute atomic E-state index is 12.0. The van der Waals surface area contributed by atoms with E-state index in [9.17, 15) is 4.79 Å². The van der Waals surface area contributed by atoms with Crippen molar-refractivity contribution in [1.82, 2.24) is 10.3 Å². The standard InChI is InChI=1S/C17H24IN3O/c22-16-12-17(21-15-7-2-1-6-14(15)16)20-11-4-3-10-19-13-18-8-5-9-18/h1-2,6-7,12,19H,3-5,8-11,13H2,(H2,20,21,22). The number of aromatic nitrogens is 1. The Labute approximate surface area is 138 Å². The second-order valence-electron chi connectivity index (χ2n) is 5.66. The van der Waals surface area contributed by atoms with Gasteiger partial charge in [-0.1, -0.05) is 6.07 Å². The molecular weight excluding hydrogens is 389 g/mol. The summed E-state index contributed by atoms with van der Waals surface area (Å²) in [7, 11) is 0. The van der Waals surface area contributed by atoms with Crippen molar-refractivity contribution in [1.29, 1.82) is 0 Å². The van der Waals surface area contributed by atoms with E-state index in [0.717, 1.165) is 36.2 Å². The average Bonchev–Trinajstić information content (AvgIpc) is 2.48. The predicted octanol–water partition coefficient (Wildman–Crippen LogP) is 3.18. The molecule has 3 rings (SSSR count). The molecule has 0 saturated carbocycles. The first kappa shape index (κ1) is 15.8. The summed E-state index contributed by atoms with van der Waals surface area (Å²) < 4.78 is 4.47. The SMILES string of the molecule is O=c1cc(NCCCCNCI2CCC2)[nH]c2ccccc12. The Kier molecular flexibility index (Phi) is 5.72. The van der Waals surface area contributed by atoms with Gasteiger partial charge >= 0.3 is 132 Å². The number of hydrogen-bond acceptors (Lipinski definition) is 3. The van der Waals surface area contributed by atoms with E-state index >= 15 is 0 Å². The number of hydrogen-bond donors (Lipinski definition) is 3. The van der Waals surface area contributed by atoms with Crippen LogP contribution < -0.4 is 16.1 Å². The number of benzene rings is 1. The average molecular weight is 413 g/mol. The molecule has 4 nitrogen and oxygen atoms in total. The molecular formula is C17H24IN3O. The van der Waals surface area contributed by atoms with Crippen molar-refractivity contribution in [3.8, 4) is 0 Å². The van der Waals surface area contributed by atoms with Gasteiger partial charge in [-0.05, 0) is 0 Å². The van der Waals surface area contributed by atoms with Gasteiger partial charge in [0.05, 0.1) is 0 Å². The summed E-state index contributed by atoms with van der Waals surface area (Å²) in [5.74, 6) is 0.819. The summed E-state index contributed by atoms with van der Waals surface area (Å²) in [5.41, 5.74) is 0.967. The molecule has 22 heavy (non-hydrogen) atoms. The fourth-order valence-corrected chi connectivity index (χ4v) is 6.30. The number of nitrogens with one attached hydrogen (secondary N) is 3. The van der Waals surface area contributed by atoms with Crippen LogP contribution in [0.3, 0.4) is 0 Å². The summed E-state index contributed by atoms with van der Waals surface area (Å²) in [5, 5.41) is 7.68. The van der Waals surface area contributed by atoms with E-state index in [1.165, 1.54) is 17.4 Å². The number of halogens is 1. The zero-order chi connectivity index (χ0) is 15.2. The summed E-state index contributed by atoms with van der Waals surface area (Å²) in [6.07, 6.45) is 3.80. The van der Waals surface area contributed by atoms with Crippen molar-refractivity contribution in [2.75, 3.05) is 31.8 Å². The van der Waals surface area contributed by atoms with Crippen LogP contribution in [-0.2, 0) is 0 Å². The number of H-pyrrole nitrogens is 1. The van der Waals surface area contributed by atoms with Gasteiger partial charge in [-0.2, -0.15) is 0 Å². The Morgan fingerprint density at radius 2 is 1.95 bits per heavy atom. The van der Waals surface area contributed by atoms with Crippen molar-refractivity contribution < 1.29 is 0 Å². The van der Waals surface area contributed by atoms with E-state index in [1.807, 2.05) is 24.3 Å². The molecule has 1 aromatic heterocycles. The number of rotatable bonds is 8. The number of alkyl halides is 3. The number of aromatic amines is 1. The Morgan fingerprint density at radius 1 is 1.14 bits per heavy atom. The molecule has 1 saturated heterocycles. The van der Waals surface area contributed by atoms with E-state index in [0.29, 0.717) is 0 Å². The van der Waals surface area contributed by atoms with Crippen LogP contribution in [0.1, 0.15) is 19.3 Å². The number of anilines is 1. The van der Waals surface area contributed by atoms with Gasteiger partial charge in [-0.3, -0.25) is 0 Å². The van der Waals surface area contributed by atoms with E-state index < -0.39 is 19.8 Å². The van der Waals surface area contributed by atoms with Gasteiger partial charge in [0.2, 0.25) is 0 Å². The molecule has 0 radical (unpaired) electrons. The first-order valence-corrected chi connectivity index (χ1v) is 12.5. The molecule has 2 aromatic rings. The molecule has 1 fully saturated rings. The monoisotopic (exact) mass is 413 g/mol. The first-order valence-electron chi connectivity index (χ1n) is 7.97. The van der Waals surface area contributed by atoms with Gasteiger partial charge in [-0.25, -0.2) is 0 Å². The van der Waals surface area contributed by atoms with E-state index in [-0.39, 0.29) is 5.43 Å². The molecule has 1 aromatic carbocycles. The predicted molar refractivity (Wildman–Crippen MR) is 104 cm³/mol. The zero-order valence-electron chi connectivity index (χ0n) is 12.8. The summed E-state index contributed by atoms with van der Waals surface area (Å²) in [6.45, 7) is 2.03. The van der Waals surface area contributed by atoms with Crippen molar-refractivity contribution in [3.05, 3.63) is 40.6 Å². The second kappa shape index (κ2) is 7.97. The molecule has 1 aliphatic heterocycles. The molecule has 2 heterocycles. The third kappa shape index (κ3) is 4.23. The van der Waals surface area contributed by atoms with Crippen LogP contribution in [-0.4, -0.2) is 31.5 Å². The van der Waals surface area contributed by atoms with Crippen LogP contribution in [0, 0.1) is 0 Å². The van der Waals surface area contributed by atoms with Gasteiger partial charge in [0.1, 0.15) is 0 Å². The summed E-state index contributed by atoms with van der Waals surface area (Å²) >= 11 is -0.463. The molecule has 0 aliphatic carbocycles. The van der Waals surface area contributed by atoms with E-state index in [2.05, 4.69) is 15.6 Å². The van der Waals surface area contributed by atoms with Crippen LogP contribution >= 0.6 is 19.8 Å². The van der Waals surface area contributed by atoms with Gasteiger partial charge in [0, 0.05) is 0 Å². The second-order valence-corrected chi connectivity index (χ2v) is 11.8. The third-order valence-electron chi connectivity index (χ3n) is 3.92. The summed E-state index contributed by atoms with van der Waals surface area (Å²) in [6, 6.07) is 9.29. The van der Waals surface area contributed by atoms with Gasteiger partial charge in [0.25, 0.3) is 0 Å².